The van der Waals surface area contributed by atoms with Gasteiger partial charge in [-0.15, -0.1) is 11.6 Å². The fourth-order valence-corrected chi connectivity index (χ4v) is 2.45. The van der Waals surface area contributed by atoms with Gasteiger partial charge in [-0.3, -0.25) is 0 Å². The number of hydrogen-bond donors (Lipinski definition) is 0. The second-order valence-corrected chi connectivity index (χ2v) is 5.31. The normalized spacial score (nSPS) is 14.6. The van der Waals surface area contributed by atoms with Gasteiger partial charge in [0.15, 0.2) is 0 Å². The minimum atomic E-state index is 0.523. The zero-order valence-corrected chi connectivity index (χ0v) is 11.7. The van der Waals surface area contributed by atoms with Crippen molar-refractivity contribution in [1.82, 2.24) is 4.98 Å². The average molecular weight is 277 g/mol. The van der Waals surface area contributed by atoms with E-state index in [-0.39, 0.29) is 0 Å². The van der Waals surface area contributed by atoms with Crippen molar-refractivity contribution in [3.63, 3.8) is 0 Å². The smallest absolute Gasteiger partial charge is 0.129 e. The van der Waals surface area contributed by atoms with E-state index in [1.807, 2.05) is 25.1 Å². The third-order valence-corrected chi connectivity index (χ3v) is 3.65. The van der Waals surface area contributed by atoms with E-state index in [2.05, 4.69) is 16.0 Å². The Balaban J connectivity index is 1.89. The van der Waals surface area contributed by atoms with Gasteiger partial charge in [-0.25, -0.2) is 4.98 Å². The molecule has 1 aliphatic rings. The number of alkyl halides is 1. The summed E-state index contributed by atoms with van der Waals surface area (Å²) in [6, 6.07) is 8.64. The number of nitrogens with zero attached hydrogens (tertiary/aromatic N) is 2. The average Bonchev–Trinajstić information content (AvgIpc) is 3.12. The molecule has 0 bridgehead atoms. The van der Waals surface area contributed by atoms with Crippen LogP contribution in [0.15, 0.2) is 34.9 Å². The topological polar surface area (TPSA) is 29.3 Å². The van der Waals surface area contributed by atoms with Gasteiger partial charge in [-0.1, -0.05) is 0 Å². The molecule has 1 fully saturated rings. The first-order chi connectivity index (χ1) is 9.26. The summed E-state index contributed by atoms with van der Waals surface area (Å²) in [5, 5.41) is 0. The largest absolute Gasteiger partial charge is 0.467 e. The molecule has 0 aliphatic heterocycles. The summed E-state index contributed by atoms with van der Waals surface area (Å²) in [5.74, 6) is 2.51. The second kappa shape index (κ2) is 5.25. The Labute approximate surface area is 118 Å². The number of furan rings is 1. The van der Waals surface area contributed by atoms with Crippen LogP contribution >= 0.6 is 11.6 Å². The van der Waals surface area contributed by atoms with Crippen LogP contribution in [0.2, 0.25) is 0 Å². The number of halogens is 1. The Morgan fingerprint density at radius 3 is 2.89 bits per heavy atom. The zero-order chi connectivity index (χ0) is 13.2. The van der Waals surface area contributed by atoms with Crippen molar-refractivity contribution in [1.29, 1.82) is 0 Å². The molecule has 0 amide bonds. The number of aromatic nitrogens is 1. The van der Waals surface area contributed by atoms with Gasteiger partial charge in [0.1, 0.15) is 11.6 Å². The van der Waals surface area contributed by atoms with Gasteiger partial charge in [-0.2, -0.15) is 0 Å². The SMILES string of the molecule is Cc1cc(CCl)cc(N(Cc2ccco2)C2CC2)n1. The first-order valence-corrected chi connectivity index (χ1v) is 7.12. The molecule has 2 aromatic heterocycles. The summed E-state index contributed by atoms with van der Waals surface area (Å²) in [6.07, 6.45) is 4.17. The molecule has 100 valence electrons. The highest BCUT2D eigenvalue weighted by Gasteiger charge is 2.30. The van der Waals surface area contributed by atoms with Gasteiger partial charge < -0.3 is 9.32 Å². The number of pyridine rings is 1. The van der Waals surface area contributed by atoms with E-state index >= 15 is 0 Å². The van der Waals surface area contributed by atoms with E-state index in [9.17, 15) is 0 Å². The molecule has 0 radical (unpaired) electrons. The van der Waals surface area contributed by atoms with Crippen LogP contribution in [0.4, 0.5) is 5.82 Å². The van der Waals surface area contributed by atoms with Crippen LogP contribution in [0.25, 0.3) is 0 Å². The molecule has 0 unspecified atom stereocenters. The molecular formula is C15H17ClN2O. The molecule has 3 nitrogen and oxygen atoms in total. The molecular weight excluding hydrogens is 260 g/mol. The maximum atomic E-state index is 5.95. The fourth-order valence-electron chi connectivity index (χ4n) is 2.30. The molecule has 19 heavy (non-hydrogen) atoms. The Hall–Kier alpha value is -1.48. The molecule has 3 rings (SSSR count). The molecule has 1 saturated carbocycles. The third-order valence-electron chi connectivity index (χ3n) is 3.34. The van der Waals surface area contributed by atoms with Crippen LogP contribution in [-0.2, 0) is 12.4 Å². The van der Waals surface area contributed by atoms with Gasteiger partial charge in [0.25, 0.3) is 0 Å². The summed E-state index contributed by atoms with van der Waals surface area (Å²) in [7, 11) is 0. The minimum Gasteiger partial charge on any atom is -0.467 e. The standard InChI is InChI=1S/C15H17ClN2O/c1-11-7-12(9-16)8-15(17-11)18(13-4-5-13)10-14-3-2-6-19-14/h2-3,6-8,13H,4-5,9-10H2,1H3. The van der Waals surface area contributed by atoms with Crippen LogP contribution in [-0.4, -0.2) is 11.0 Å². The molecule has 0 spiro atoms. The predicted molar refractivity (Wildman–Crippen MR) is 76.4 cm³/mol. The van der Waals surface area contributed by atoms with Gasteiger partial charge in [-0.05, 0) is 49.6 Å². The third kappa shape index (κ3) is 2.92. The van der Waals surface area contributed by atoms with Crippen LogP contribution < -0.4 is 4.90 Å². The van der Waals surface area contributed by atoms with Crippen LogP contribution in [0.3, 0.4) is 0 Å². The van der Waals surface area contributed by atoms with Crippen LogP contribution in [0.1, 0.15) is 29.9 Å². The van der Waals surface area contributed by atoms with E-state index in [0.717, 1.165) is 29.4 Å². The zero-order valence-electron chi connectivity index (χ0n) is 11.0. The summed E-state index contributed by atoms with van der Waals surface area (Å²) in [6.45, 7) is 2.79. The van der Waals surface area contributed by atoms with E-state index in [1.54, 1.807) is 6.26 Å². The lowest BCUT2D eigenvalue weighted by Gasteiger charge is -2.23. The maximum Gasteiger partial charge on any atom is 0.129 e. The fraction of sp³-hybridized carbons (Fsp3) is 0.400. The summed E-state index contributed by atoms with van der Waals surface area (Å²) >= 11 is 5.95. The van der Waals surface area contributed by atoms with E-state index in [0.29, 0.717) is 11.9 Å². The van der Waals surface area contributed by atoms with Crippen LogP contribution in [0.5, 0.6) is 0 Å². The van der Waals surface area contributed by atoms with Gasteiger partial charge in [0, 0.05) is 17.6 Å². The minimum absolute atomic E-state index is 0.523. The van der Waals surface area contributed by atoms with Gasteiger partial charge in [0.2, 0.25) is 0 Å². The molecule has 1 aliphatic carbocycles. The number of aryl methyl sites for hydroxylation is 1. The number of anilines is 1. The first-order valence-electron chi connectivity index (χ1n) is 6.59. The molecule has 0 saturated heterocycles. The summed E-state index contributed by atoms with van der Waals surface area (Å²) < 4.78 is 5.45. The Bertz CT molecular complexity index is 549. The molecule has 0 N–H and O–H groups in total. The quantitative estimate of drug-likeness (QED) is 0.776. The molecule has 0 aromatic carbocycles. The monoisotopic (exact) mass is 276 g/mol. The van der Waals surface area contributed by atoms with Crippen molar-refractivity contribution < 1.29 is 4.42 Å². The van der Waals surface area contributed by atoms with Crippen molar-refractivity contribution in [2.45, 2.75) is 38.2 Å². The predicted octanol–water partition coefficient (Wildman–Crippen LogP) is 3.89. The second-order valence-electron chi connectivity index (χ2n) is 5.05. The molecule has 2 heterocycles. The Morgan fingerprint density at radius 1 is 1.42 bits per heavy atom. The summed E-state index contributed by atoms with van der Waals surface area (Å²) in [4.78, 5) is 6.97. The molecule has 4 heteroatoms. The number of rotatable bonds is 5. The lowest BCUT2D eigenvalue weighted by atomic mass is 10.2. The number of hydrogen-bond acceptors (Lipinski definition) is 3. The molecule has 2 aromatic rings. The van der Waals surface area contributed by atoms with E-state index in [1.165, 1.54) is 12.8 Å². The maximum absolute atomic E-state index is 5.95. The first kappa shape index (κ1) is 12.5. The highest BCUT2D eigenvalue weighted by atomic mass is 35.5. The highest BCUT2D eigenvalue weighted by Crippen LogP contribution is 2.32. The van der Waals surface area contributed by atoms with Gasteiger partial charge >= 0.3 is 0 Å². The van der Waals surface area contributed by atoms with Crippen LogP contribution in [0, 0.1) is 6.92 Å². The lowest BCUT2D eigenvalue weighted by molar-refractivity contribution is 0.500. The summed E-state index contributed by atoms with van der Waals surface area (Å²) in [5.41, 5.74) is 2.13. The Morgan fingerprint density at radius 2 is 2.26 bits per heavy atom. The highest BCUT2D eigenvalue weighted by molar-refractivity contribution is 6.17. The lowest BCUT2D eigenvalue weighted by Crippen LogP contribution is -2.26. The van der Waals surface area contributed by atoms with Crippen molar-refractivity contribution in [3.05, 3.63) is 47.5 Å². The Kier molecular flexibility index (Phi) is 3.47. The van der Waals surface area contributed by atoms with Crippen molar-refractivity contribution >= 4 is 17.4 Å². The van der Waals surface area contributed by atoms with Crippen molar-refractivity contribution in [2.75, 3.05) is 4.90 Å². The van der Waals surface area contributed by atoms with E-state index < -0.39 is 0 Å². The van der Waals surface area contributed by atoms with Crippen molar-refractivity contribution in [3.8, 4) is 0 Å². The van der Waals surface area contributed by atoms with E-state index in [4.69, 9.17) is 16.0 Å². The molecule has 0 atom stereocenters. The van der Waals surface area contributed by atoms with Crippen molar-refractivity contribution in [2.24, 2.45) is 0 Å². The van der Waals surface area contributed by atoms with Gasteiger partial charge in [0.05, 0.1) is 12.8 Å².